The molecule has 2 aromatic rings. The van der Waals surface area contributed by atoms with Gasteiger partial charge in [-0.25, -0.2) is 9.78 Å². The molecular formula is C19H23ClN4O4S. The van der Waals surface area contributed by atoms with E-state index in [-0.39, 0.29) is 36.2 Å². The minimum atomic E-state index is -0.988. The lowest BCUT2D eigenvalue weighted by molar-refractivity contribution is 0.0767. The molecule has 1 aliphatic heterocycles. The van der Waals surface area contributed by atoms with Crippen LogP contribution in [0.15, 0.2) is 18.3 Å². The summed E-state index contributed by atoms with van der Waals surface area (Å²) in [4.78, 5) is 29.2. The van der Waals surface area contributed by atoms with E-state index in [0.717, 1.165) is 10.4 Å². The van der Waals surface area contributed by atoms with Gasteiger partial charge in [0.25, 0.3) is 5.91 Å². The number of likely N-dealkylation sites (tertiary alicyclic amines) is 1. The van der Waals surface area contributed by atoms with Gasteiger partial charge in [0.2, 0.25) is 0 Å². The zero-order valence-corrected chi connectivity index (χ0v) is 17.9. The number of nitrogens with one attached hydrogen (secondary N) is 2. The van der Waals surface area contributed by atoms with Crippen molar-refractivity contribution >= 4 is 40.6 Å². The second-order valence-corrected chi connectivity index (χ2v) is 9.46. The number of anilines is 1. The zero-order valence-electron chi connectivity index (χ0n) is 16.3. The number of thiazole rings is 1. The average molecular weight is 439 g/mol. The summed E-state index contributed by atoms with van der Waals surface area (Å²) in [5.41, 5.74) is 1.30. The molecule has 4 N–H and O–H groups in total. The number of halogens is 1. The standard InChI is InChI=1S/C19H23ClN4O4S/c1-19(2,3)12-4-14(15(25)5-13(12)20)21-6-11-7-22-17(29-11)16(26)23-10-8-24(9-10)18(27)28/h4-5,7,10,21,25H,6,8-9H2,1-3H3,(H,23,26)(H,27,28). The number of carboxylic acid groups (broad SMARTS) is 1. The number of aromatic nitrogens is 1. The van der Waals surface area contributed by atoms with E-state index in [2.05, 4.69) is 15.6 Å². The number of hydrogen-bond acceptors (Lipinski definition) is 6. The minimum Gasteiger partial charge on any atom is -0.506 e. The quantitative estimate of drug-likeness (QED) is 0.531. The van der Waals surface area contributed by atoms with Gasteiger partial charge in [-0.05, 0) is 17.0 Å². The number of aromatic hydroxyl groups is 1. The Morgan fingerprint density at radius 1 is 1.34 bits per heavy atom. The van der Waals surface area contributed by atoms with E-state index in [0.29, 0.717) is 22.3 Å². The molecule has 1 fully saturated rings. The van der Waals surface area contributed by atoms with Crippen molar-refractivity contribution in [1.82, 2.24) is 15.2 Å². The molecule has 0 radical (unpaired) electrons. The Balaban J connectivity index is 1.60. The van der Waals surface area contributed by atoms with Gasteiger partial charge < -0.3 is 25.7 Å². The first-order chi connectivity index (χ1) is 13.5. The van der Waals surface area contributed by atoms with Gasteiger partial charge in [0.15, 0.2) is 5.01 Å². The Labute approximate surface area is 177 Å². The van der Waals surface area contributed by atoms with Crippen molar-refractivity contribution in [3.8, 4) is 5.75 Å². The number of nitrogens with zero attached hydrogens (tertiary/aromatic N) is 2. The third kappa shape index (κ3) is 4.91. The lowest BCUT2D eigenvalue weighted by Gasteiger charge is -2.37. The van der Waals surface area contributed by atoms with Crippen LogP contribution in [0.2, 0.25) is 5.02 Å². The molecule has 10 heteroatoms. The maximum atomic E-state index is 12.3. The molecule has 0 unspecified atom stereocenters. The number of carbonyl (C=O) groups is 2. The van der Waals surface area contributed by atoms with Crippen molar-refractivity contribution in [2.45, 2.75) is 38.8 Å². The Morgan fingerprint density at radius 3 is 2.66 bits per heavy atom. The Hall–Kier alpha value is -2.52. The molecular weight excluding hydrogens is 416 g/mol. The second kappa shape index (κ2) is 8.08. The fourth-order valence-corrected chi connectivity index (χ4v) is 4.13. The van der Waals surface area contributed by atoms with Crippen molar-refractivity contribution < 1.29 is 19.8 Å². The summed E-state index contributed by atoms with van der Waals surface area (Å²) in [6.45, 7) is 7.09. The van der Waals surface area contributed by atoms with Crippen LogP contribution >= 0.6 is 22.9 Å². The average Bonchev–Trinajstić information content (AvgIpc) is 3.04. The number of amides is 2. The van der Waals surface area contributed by atoms with Crippen molar-refractivity contribution in [1.29, 1.82) is 0 Å². The van der Waals surface area contributed by atoms with Gasteiger partial charge in [0, 0.05) is 35.3 Å². The van der Waals surface area contributed by atoms with E-state index >= 15 is 0 Å². The number of benzene rings is 1. The fraction of sp³-hybridized carbons (Fsp3) is 0.421. The maximum absolute atomic E-state index is 12.3. The SMILES string of the molecule is CC(C)(C)c1cc(NCc2cnc(C(=O)NC3CN(C(=O)O)C3)s2)c(O)cc1Cl. The third-order valence-corrected chi connectivity index (χ3v) is 5.89. The molecule has 156 valence electrons. The van der Waals surface area contributed by atoms with Gasteiger partial charge in [-0.2, -0.15) is 0 Å². The molecule has 2 amide bonds. The molecule has 0 aliphatic carbocycles. The first kappa shape index (κ1) is 21.2. The molecule has 1 aliphatic rings. The summed E-state index contributed by atoms with van der Waals surface area (Å²) in [6.07, 6.45) is 0.618. The summed E-state index contributed by atoms with van der Waals surface area (Å²) < 4.78 is 0. The summed E-state index contributed by atoms with van der Waals surface area (Å²) in [5.74, 6) is -0.265. The smallest absolute Gasteiger partial charge is 0.407 e. The molecule has 29 heavy (non-hydrogen) atoms. The number of phenols is 1. The predicted molar refractivity (Wildman–Crippen MR) is 112 cm³/mol. The van der Waals surface area contributed by atoms with E-state index in [4.69, 9.17) is 16.7 Å². The number of carbonyl (C=O) groups excluding carboxylic acids is 1. The van der Waals surface area contributed by atoms with Gasteiger partial charge in [0.1, 0.15) is 5.75 Å². The highest BCUT2D eigenvalue weighted by atomic mass is 35.5. The summed E-state index contributed by atoms with van der Waals surface area (Å²) in [5, 5.41) is 25.8. The summed E-state index contributed by atoms with van der Waals surface area (Å²) in [7, 11) is 0. The molecule has 1 saturated heterocycles. The predicted octanol–water partition coefficient (Wildman–Crippen LogP) is 3.50. The van der Waals surface area contributed by atoms with E-state index in [1.165, 1.54) is 22.3 Å². The van der Waals surface area contributed by atoms with Crippen molar-refractivity contribution in [2.75, 3.05) is 18.4 Å². The molecule has 2 heterocycles. The molecule has 1 aromatic carbocycles. The molecule has 0 saturated carbocycles. The van der Waals surface area contributed by atoms with Gasteiger partial charge >= 0.3 is 6.09 Å². The molecule has 0 spiro atoms. The highest BCUT2D eigenvalue weighted by Crippen LogP contribution is 2.37. The Kier molecular flexibility index (Phi) is 5.90. The van der Waals surface area contributed by atoms with Gasteiger partial charge in [0.05, 0.1) is 18.3 Å². The van der Waals surface area contributed by atoms with Crippen LogP contribution in [0, 0.1) is 0 Å². The molecule has 1 aromatic heterocycles. The fourth-order valence-electron chi connectivity index (χ4n) is 2.93. The minimum absolute atomic E-state index is 0.0541. The molecule has 0 bridgehead atoms. The second-order valence-electron chi connectivity index (χ2n) is 7.94. The van der Waals surface area contributed by atoms with Crippen molar-refractivity contribution in [3.05, 3.63) is 38.8 Å². The van der Waals surface area contributed by atoms with Crippen LogP contribution in [-0.2, 0) is 12.0 Å². The number of rotatable bonds is 5. The Bertz CT molecular complexity index is 935. The van der Waals surface area contributed by atoms with E-state index in [1.807, 2.05) is 26.8 Å². The van der Waals surface area contributed by atoms with Crippen LogP contribution in [0.3, 0.4) is 0 Å². The lowest BCUT2D eigenvalue weighted by Crippen LogP contribution is -2.60. The first-order valence-corrected chi connectivity index (χ1v) is 10.2. The topological polar surface area (TPSA) is 115 Å². The van der Waals surface area contributed by atoms with Crippen LogP contribution in [0.25, 0.3) is 0 Å². The van der Waals surface area contributed by atoms with E-state index in [1.54, 1.807) is 6.20 Å². The largest absolute Gasteiger partial charge is 0.506 e. The first-order valence-electron chi connectivity index (χ1n) is 9.05. The molecule has 8 nitrogen and oxygen atoms in total. The number of phenolic OH excluding ortho intramolecular Hbond substituents is 1. The van der Waals surface area contributed by atoms with Gasteiger partial charge in [-0.1, -0.05) is 32.4 Å². The third-order valence-electron chi connectivity index (χ3n) is 4.58. The maximum Gasteiger partial charge on any atom is 0.407 e. The molecule has 0 atom stereocenters. The van der Waals surface area contributed by atoms with Crippen LogP contribution in [-0.4, -0.2) is 51.2 Å². The normalized spacial score (nSPS) is 14.4. The van der Waals surface area contributed by atoms with Crippen LogP contribution < -0.4 is 10.6 Å². The summed E-state index contributed by atoms with van der Waals surface area (Å²) >= 11 is 7.49. The van der Waals surface area contributed by atoms with E-state index in [9.17, 15) is 14.7 Å². The number of hydrogen-bond donors (Lipinski definition) is 4. The van der Waals surface area contributed by atoms with Gasteiger partial charge in [-0.3, -0.25) is 4.79 Å². The zero-order chi connectivity index (χ0) is 21.3. The van der Waals surface area contributed by atoms with Crippen molar-refractivity contribution in [3.63, 3.8) is 0 Å². The Morgan fingerprint density at radius 2 is 2.03 bits per heavy atom. The molecule has 3 rings (SSSR count). The summed E-state index contributed by atoms with van der Waals surface area (Å²) in [6, 6.07) is 3.16. The lowest BCUT2D eigenvalue weighted by atomic mass is 9.86. The van der Waals surface area contributed by atoms with Crippen LogP contribution in [0.5, 0.6) is 5.75 Å². The van der Waals surface area contributed by atoms with Crippen LogP contribution in [0.4, 0.5) is 10.5 Å². The monoisotopic (exact) mass is 438 g/mol. The highest BCUT2D eigenvalue weighted by Gasteiger charge is 2.32. The van der Waals surface area contributed by atoms with Crippen molar-refractivity contribution in [2.24, 2.45) is 0 Å². The van der Waals surface area contributed by atoms with E-state index < -0.39 is 6.09 Å². The van der Waals surface area contributed by atoms with Crippen LogP contribution in [0.1, 0.15) is 41.0 Å². The highest BCUT2D eigenvalue weighted by molar-refractivity contribution is 7.13. The van der Waals surface area contributed by atoms with Gasteiger partial charge in [-0.15, -0.1) is 11.3 Å².